The average molecular weight is 362 g/mol. The Balaban J connectivity index is 1.52. The fourth-order valence-electron chi connectivity index (χ4n) is 5.34. The van der Waals surface area contributed by atoms with E-state index in [1.165, 1.54) is 100 Å². The largest absolute Gasteiger partial charge is 0.256 e. The lowest BCUT2D eigenvalue weighted by atomic mass is 9.86. The molecule has 2 atom stereocenters. The van der Waals surface area contributed by atoms with E-state index in [4.69, 9.17) is 0 Å². The van der Waals surface area contributed by atoms with Gasteiger partial charge in [0.05, 0.1) is 5.69 Å². The van der Waals surface area contributed by atoms with Crippen LogP contribution in [0.15, 0.2) is 42.6 Å². The number of aryl methyl sites for hydroxylation is 2. The Morgan fingerprint density at radius 2 is 1.37 bits per heavy atom. The fraction of sp³-hybridized carbons (Fsp3) is 0.577. The monoisotopic (exact) mass is 361 g/mol. The highest BCUT2D eigenvalue weighted by molar-refractivity contribution is 5.60. The van der Waals surface area contributed by atoms with Crippen molar-refractivity contribution in [2.75, 3.05) is 0 Å². The summed E-state index contributed by atoms with van der Waals surface area (Å²) in [5.74, 6) is 1.96. The average Bonchev–Trinajstić information content (AvgIpc) is 3.15. The summed E-state index contributed by atoms with van der Waals surface area (Å²) < 4.78 is 0. The summed E-state index contributed by atoms with van der Waals surface area (Å²) in [4.78, 5) is 4.68. The van der Waals surface area contributed by atoms with Crippen molar-refractivity contribution < 1.29 is 0 Å². The van der Waals surface area contributed by atoms with E-state index in [0.29, 0.717) is 0 Å². The van der Waals surface area contributed by atoms with Gasteiger partial charge in [0.25, 0.3) is 0 Å². The first-order valence-electron chi connectivity index (χ1n) is 11.4. The molecule has 1 fully saturated rings. The summed E-state index contributed by atoms with van der Waals surface area (Å²) >= 11 is 0. The Kier molecular flexibility index (Phi) is 6.61. The predicted octanol–water partition coefficient (Wildman–Crippen LogP) is 7.38. The maximum Gasteiger partial charge on any atom is 0.0704 e. The van der Waals surface area contributed by atoms with E-state index in [1.807, 2.05) is 6.20 Å². The number of benzene rings is 1. The van der Waals surface area contributed by atoms with Crippen LogP contribution >= 0.6 is 0 Å². The van der Waals surface area contributed by atoms with Gasteiger partial charge in [-0.15, -0.1) is 0 Å². The summed E-state index contributed by atoms with van der Waals surface area (Å²) in [5, 5.41) is 0. The predicted molar refractivity (Wildman–Crippen MR) is 115 cm³/mol. The second-order valence-corrected chi connectivity index (χ2v) is 8.90. The molecule has 1 nitrogen and oxygen atoms in total. The third kappa shape index (κ3) is 5.21. The van der Waals surface area contributed by atoms with Crippen LogP contribution in [0, 0.1) is 11.8 Å². The Morgan fingerprint density at radius 1 is 0.630 bits per heavy atom. The van der Waals surface area contributed by atoms with Crippen LogP contribution in [0.2, 0.25) is 0 Å². The van der Waals surface area contributed by atoms with Gasteiger partial charge in [0, 0.05) is 11.8 Å². The SMILES string of the molecule is c1cc2cc(c1)-c1cc(ccn1)CCC1CCCC1CCCCCCCC2. The molecule has 27 heavy (non-hydrogen) atoms. The molecule has 1 heterocycles. The Hall–Kier alpha value is -1.63. The van der Waals surface area contributed by atoms with Crippen LogP contribution in [0.1, 0.15) is 81.8 Å². The number of aromatic nitrogens is 1. The van der Waals surface area contributed by atoms with Crippen LogP contribution in [-0.4, -0.2) is 4.98 Å². The zero-order valence-electron chi connectivity index (χ0n) is 16.8. The number of hydrogen-bond donors (Lipinski definition) is 0. The van der Waals surface area contributed by atoms with Gasteiger partial charge in [-0.1, -0.05) is 76.0 Å². The molecule has 2 aliphatic carbocycles. The van der Waals surface area contributed by atoms with E-state index in [9.17, 15) is 0 Å². The third-order valence-electron chi connectivity index (χ3n) is 6.96. The maximum absolute atomic E-state index is 4.68. The van der Waals surface area contributed by atoms with Crippen molar-refractivity contribution in [3.05, 3.63) is 53.7 Å². The minimum atomic E-state index is 0.962. The molecule has 0 saturated heterocycles. The van der Waals surface area contributed by atoms with Gasteiger partial charge in [0.2, 0.25) is 0 Å². The second kappa shape index (κ2) is 9.53. The van der Waals surface area contributed by atoms with Gasteiger partial charge in [-0.25, -0.2) is 0 Å². The molecule has 1 aromatic heterocycles. The Labute approximate surface area is 165 Å². The molecule has 2 aliphatic rings. The van der Waals surface area contributed by atoms with Crippen LogP contribution in [0.25, 0.3) is 11.3 Å². The first-order chi connectivity index (χ1) is 13.4. The molecule has 2 aromatic rings. The third-order valence-corrected chi connectivity index (χ3v) is 6.96. The highest BCUT2D eigenvalue weighted by atomic mass is 14.7. The zero-order chi connectivity index (χ0) is 18.3. The van der Waals surface area contributed by atoms with Gasteiger partial charge in [0.1, 0.15) is 0 Å². The second-order valence-electron chi connectivity index (χ2n) is 8.90. The molecule has 0 spiro atoms. The molecule has 0 radical (unpaired) electrons. The molecule has 1 aromatic carbocycles. The lowest BCUT2D eigenvalue weighted by Crippen LogP contribution is -2.09. The molecular weight excluding hydrogens is 326 g/mol. The molecule has 0 amide bonds. The lowest BCUT2D eigenvalue weighted by Gasteiger charge is -2.20. The summed E-state index contributed by atoms with van der Waals surface area (Å²) in [6.45, 7) is 0. The van der Waals surface area contributed by atoms with Crippen molar-refractivity contribution in [2.24, 2.45) is 11.8 Å². The van der Waals surface area contributed by atoms with E-state index >= 15 is 0 Å². The van der Waals surface area contributed by atoms with E-state index in [2.05, 4.69) is 41.4 Å². The number of rotatable bonds is 0. The molecule has 0 aliphatic heterocycles. The molecular formula is C26H35N. The molecule has 1 saturated carbocycles. The number of nitrogens with zero attached hydrogens (tertiary/aromatic N) is 1. The molecule has 1 heteroatoms. The van der Waals surface area contributed by atoms with Crippen LogP contribution < -0.4 is 0 Å². The van der Waals surface area contributed by atoms with Gasteiger partial charge < -0.3 is 0 Å². The van der Waals surface area contributed by atoms with Crippen molar-refractivity contribution in [1.29, 1.82) is 0 Å². The van der Waals surface area contributed by atoms with E-state index in [-0.39, 0.29) is 0 Å². The standard InChI is InChI=1S/C26H35N/c1-2-4-6-11-23-12-8-13-24(23)16-15-22-17-18-27-26(20-22)25-14-7-10-21(19-25)9-5-3-1/h7,10,14,17-20,23-24H,1-6,8-9,11-13,15-16H2. The topological polar surface area (TPSA) is 12.9 Å². The Morgan fingerprint density at radius 3 is 2.30 bits per heavy atom. The van der Waals surface area contributed by atoms with Crippen LogP contribution in [0.5, 0.6) is 0 Å². The van der Waals surface area contributed by atoms with E-state index < -0.39 is 0 Å². The summed E-state index contributed by atoms with van der Waals surface area (Å²) in [6, 6.07) is 13.7. The quantitative estimate of drug-likeness (QED) is 0.477. The van der Waals surface area contributed by atoms with E-state index in [0.717, 1.165) is 17.5 Å². The van der Waals surface area contributed by atoms with Gasteiger partial charge >= 0.3 is 0 Å². The van der Waals surface area contributed by atoms with Crippen molar-refractivity contribution in [3.8, 4) is 11.3 Å². The van der Waals surface area contributed by atoms with Crippen molar-refractivity contribution in [3.63, 3.8) is 0 Å². The Bertz CT molecular complexity index is 720. The normalized spacial score (nSPS) is 24.6. The van der Waals surface area contributed by atoms with Gasteiger partial charge in [0.15, 0.2) is 0 Å². The summed E-state index contributed by atoms with van der Waals surface area (Å²) in [7, 11) is 0. The number of hydrogen-bond acceptors (Lipinski definition) is 1. The lowest BCUT2D eigenvalue weighted by molar-refractivity contribution is 0.332. The highest BCUT2D eigenvalue weighted by Crippen LogP contribution is 2.38. The van der Waals surface area contributed by atoms with Crippen LogP contribution in [0.4, 0.5) is 0 Å². The van der Waals surface area contributed by atoms with Gasteiger partial charge in [-0.05, 0) is 66.8 Å². The summed E-state index contributed by atoms with van der Waals surface area (Å²) in [5.41, 5.74) is 5.37. The molecule has 2 unspecified atom stereocenters. The smallest absolute Gasteiger partial charge is 0.0704 e. The minimum absolute atomic E-state index is 0.962. The zero-order valence-corrected chi connectivity index (χ0v) is 16.8. The van der Waals surface area contributed by atoms with Crippen LogP contribution in [0.3, 0.4) is 0 Å². The number of fused-ring (bicyclic) bond motifs is 6. The fourth-order valence-corrected chi connectivity index (χ4v) is 5.34. The van der Waals surface area contributed by atoms with E-state index in [1.54, 1.807) is 0 Å². The molecule has 144 valence electrons. The van der Waals surface area contributed by atoms with Crippen molar-refractivity contribution in [2.45, 2.75) is 83.5 Å². The molecule has 4 bridgehead atoms. The molecule has 0 N–H and O–H groups in total. The minimum Gasteiger partial charge on any atom is -0.256 e. The summed E-state index contributed by atoms with van der Waals surface area (Å²) in [6.07, 6.45) is 20.2. The van der Waals surface area contributed by atoms with Crippen molar-refractivity contribution >= 4 is 0 Å². The maximum atomic E-state index is 4.68. The van der Waals surface area contributed by atoms with Gasteiger partial charge in [-0.3, -0.25) is 4.98 Å². The number of pyridine rings is 1. The van der Waals surface area contributed by atoms with Gasteiger partial charge in [-0.2, -0.15) is 0 Å². The first kappa shape index (κ1) is 18.7. The van der Waals surface area contributed by atoms with Crippen LogP contribution in [-0.2, 0) is 12.8 Å². The van der Waals surface area contributed by atoms with Crippen molar-refractivity contribution in [1.82, 2.24) is 4.98 Å². The highest BCUT2D eigenvalue weighted by Gasteiger charge is 2.26. The first-order valence-corrected chi connectivity index (χ1v) is 11.4. The molecule has 4 rings (SSSR count).